The molecule has 0 radical (unpaired) electrons. The summed E-state index contributed by atoms with van der Waals surface area (Å²) in [4.78, 5) is 11.9. The molecule has 2 rings (SSSR count). The Morgan fingerprint density at radius 2 is 2.05 bits per heavy atom. The number of rotatable bonds is 3. The minimum atomic E-state index is -0.606. The number of carbonyl (C=O) groups is 1. The Balaban J connectivity index is 2.18. The molecule has 0 fully saturated rings. The Morgan fingerprint density at radius 3 is 2.68 bits per heavy atom. The van der Waals surface area contributed by atoms with Crippen LogP contribution in [0.25, 0.3) is 0 Å². The van der Waals surface area contributed by atoms with Crippen LogP contribution in [0.5, 0.6) is 11.5 Å². The number of methoxy groups -OCH3 is 1. The van der Waals surface area contributed by atoms with Gasteiger partial charge in [-0.15, -0.1) is 0 Å². The van der Waals surface area contributed by atoms with Gasteiger partial charge in [0.25, 0.3) is 5.91 Å². The van der Waals surface area contributed by atoms with Crippen molar-refractivity contribution in [2.45, 2.75) is 0 Å². The first-order valence-electron chi connectivity index (χ1n) is 5.54. The van der Waals surface area contributed by atoms with Crippen LogP contribution in [0.15, 0.2) is 42.5 Å². The zero-order valence-corrected chi connectivity index (χ0v) is 10.2. The highest BCUT2D eigenvalue weighted by Gasteiger charge is 2.10. The molecule has 0 aromatic heterocycles. The van der Waals surface area contributed by atoms with Gasteiger partial charge in [-0.2, -0.15) is 0 Å². The number of halogens is 1. The van der Waals surface area contributed by atoms with Gasteiger partial charge in [-0.05, 0) is 30.3 Å². The van der Waals surface area contributed by atoms with Gasteiger partial charge in [0.15, 0.2) is 11.6 Å². The molecule has 2 N–H and O–H groups in total. The third-order valence-corrected chi connectivity index (χ3v) is 2.52. The lowest BCUT2D eigenvalue weighted by Crippen LogP contribution is -2.12. The Morgan fingerprint density at radius 1 is 1.26 bits per heavy atom. The van der Waals surface area contributed by atoms with Gasteiger partial charge >= 0.3 is 0 Å². The van der Waals surface area contributed by atoms with Crippen LogP contribution >= 0.6 is 0 Å². The van der Waals surface area contributed by atoms with Crippen molar-refractivity contribution in [3.8, 4) is 11.5 Å². The Hall–Kier alpha value is -2.56. The zero-order valence-electron chi connectivity index (χ0n) is 10.2. The number of benzene rings is 2. The fourth-order valence-corrected chi connectivity index (χ4v) is 1.59. The van der Waals surface area contributed by atoms with Gasteiger partial charge in [-0.25, -0.2) is 4.39 Å². The maximum Gasteiger partial charge on any atom is 0.255 e. The first kappa shape index (κ1) is 12.9. The molecule has 0 spiro atoms. The summed E-state index contributed by atoms with van der Waals surface area (Å²) in [6.45, 7) is 0. The second kappa shape index (κ2) is 5.39. The molecule has 0 heterocycles. The van der Waals surface area contributed by atoms with E-state index < -0.39 is 11.7 Å². The molecule has 0 saturated heterocycles. The number of carbonyl (C=O) groups excluding carboxylic acids is 1. The van der Waals surface area contributed by atoms with E-state index in [2.05, 4.69) is 5.32 Å². The number of ether oxygens (including phenoxy) is 1. The summed E-state index contributed by atoms with van der Waals surface area (Å²) < 4.78 is 18.2. The predicted octanol–water partition coefficient (Wildman–Crippen LogP) is 2.79. The lowest BCUT2D eigenvalue weighted by atomic mass is 10.2. The highest BCUT2D eigenvalue weighted by atomic mass is 19.1. The first-order valence-corrected chi connectivity index (χ1v) is 5.54. The maximum atomic E-state index is 13.5. The van der Waals surface area contributed by atoms with Crippen LogP contribution in [-0.2, 0) is 0 Å². The van der Waals surface area contributed by atoms with Crippen molar-refractivity contribution in [1.82, 2.24) is 0 Å². The molecule has 0 bridgehead atoms. The molecule has 19 heavy (non-hydrogen) atoms. The topological polar surface area (TPSA) is 58.6 Å². The van der Waals surface area contributed by atoms with Crippen LogP contribution in [0.2, 0.25) is 0 Å². The standard InChI is InChI=1S/C14H12FNO3/c1-19-13-6-5-9(7-12(13)15)14(18)16-10-3-2-4-11(17)8-10/h2-8,17H,1H3,(H,16,18). The molecule has 4 nitrogen and oxygen atoms in total. The van der Waals surface area contributed by atoms with Crippen molar-refractivity contribution in [1.29, 1.82) is 0 Å². The van der Waals surface area contributed by atoms with Crippen molar-refractivity contribution in [2.24, 2.45) is 0 Å². The molecule has 0 aliphatic rings. The Labute approximate surface area is 109 Å². The summed E-state index contributed by atoms with van der Waals surface area (Å²) in [5.74, 6) is -0.953. The van der Waals surface area contributed by atoms with E-state index in [9.17, 15) is 14.3 Å². The molecular weight excluding hydrogens is 249 g/mol. The molecule has 5 heteroatoms. The fourth-order valence-electron chi connectivity index (χ4n) is 1.59. The van der Waals surface area contributed by atoms with E-state index in [1.165, 1.54) is 31.4 Å². The number of anilines is 1. The van der Waals surface area contributed by atoms with E-state index in [1.54, 1.807) is 12.1 Å². The summed E-state index contributed by atoms with van der Waals surface area (Å²) >= 11 is 0. The second-order valence-corrected chi connectivity index (χ2v) is 3.85. The summed E-state index contributed by atoms with van der Waals surface area (Å²) in [5, 5.41) is 11.8. The second-order valence-electron chi connectivity index (χ2n) is 3.85. The molecule has 0 unspecified atom stereocenters. The largest absolute Gasteiger partial charge is 0.508 e. The van der Waals surface area contributed by atoms with Crippen molar-refractivity contribution >= 4 is 11.6 Å². The van der Waals surface area contributed by atoms with Crippen molar-refractivity contribution < 1.29 is 19.0 Å². The lowest BCUT2D eigenvalue weighted by Gasteiger charge is -2.07. The highest BCUT2D eigenvalue weighted by molar-refractivity contribution is 6.04. The van der Waals surface area contributed by atoms with E-state index in [0.717, 1.165) is 6.07 Å². The van der Waals surface area contributed by atoms with Crippen LogP contribution in [0.4, 0.5) is 10.1 Å². The normalized spacial score (nSPS) is 10.0. The quantitative estimate of drug-likeness (QED) is 0.893. The van der Waals surface area contributed by atoms with Gasteiger partial charge in [0.2, 0.25) is 0 Å². The molecule has 1 amide bonds. The minimum Gasteiger partial charge on any atom is -0.508 e. The van der Waals surface area contributed by atoms with Crippen LogP contribution < -0.4 is 10.1 Å². The average Bonchev–Trinajstić information content (AvgIpc) is 2.38. The maximum absolute atomic E-state index is 13.5. The molecule has 2 aromatic carbocycles. The smallest absolute Gasteiger partial charge is 0.255 e. The first-order chi connectivity index (χ1) is 9.10. The molecule has 98 valence electrons. The molecule has 0 saturated carbocycles. The van der Waals surface area contributed by atoms with E-state index in [0.29, 0.717) is 5.69 Å². The van der Waals surface area contributed by atoms with Crippen molar-refractivity contribution in [3.05, 3.63) is 53.8 Å². The summed E-state index contributed by atoms with van der Waals surface area (Å²) in [5.41, 5.74) is 0.600. The van der Waals surface area contributed by atoms with Gasteiger partial charge in [-0.3, -0.25) is 4.79 Å². The number of phenolic OH excluding ortho intramolecular Hbond substituents is 1. The zero-order chi connectivity index (χ0) is 13.8. The Kier molecular flexibility index (Phi) is 3.66. The molecule has 2 aromatic rings. The van der Waals surface area contributed by atoms with Crippen LogP contribution in [0, 0.1) is 5.82 Å². The highest BCUT2D eigenvalue weighted by Crippen LogP contribution is 2.20. The number of phenols is 1. The fraction of sp³-hybridized carbons (Fsp3) is 0.0714. The van der Waals surface area contributed by atoms with E-state index in [4.69, 9.17) is 4.74 Å². The molecular formula is C14H12FNO3. The van der Waals surface area contributed by atoms with Gasteiger partial charge < -0.3 is 15.2 Å². The van der Waals surface area contributed by atoms with Crippen LogP contribution in [-0.4, -0.2) is 18.1 Å². The monoisotopic (exact) mass is 261 g/mol. The molecule has 0 aliphatic carbocycles. The average molecular weight is 261 g/mol. The van der Waals surface area contributed by atoms with E-state index in [-0.39, 0.29) is 17.1 Å². The molecule has 0 atom stereocenters. The van der Waals surface area contributed by atoms with Gasteiger partial charge in [0, 0.05) is 17.3 Å². The van der Waals surface area contributed by atoms with Gasteiger partial charge in [0.1, 0.15) is 5.75 Å². The summed E-state index contributed by atoms with van der Waals surface area (Å²) in [6, 6.07) is 10.0. The predicted molar refractivity (Wildman–Crippen MR) is 69.0 cm³/mol. The van der Waals surface area contributed by atoms with Crippen molar-refractivity contribution in [2.75, 3.05) is 12.4 Å². The Bertz CT molecular complexity index is 613. The lowest BCUT2D eigenvalue weighted by molar-refractivity contribution is 0.102. The third-order valence-electron chi connectivity index (χ3n) is 2.52. The van der Waals surface area contributed by atoms with E-state index in [1.807, 2.05) is 0 Å². The third kappa shape index (κ3) is 3.01. The molecule has 0 aliphatic heterocycles. The minimum absolute atomic E-state index is 0.0405. The van der Waals surface area contributed by atoms with Crippen LogP contribution in [0.1, 0.15) is 10.4 Å². The number of nitrogens with one attached hydrogen (secondary N) is 1. The summed E-state index contributed by atoms with van der Waals surface area (Å²) in [6.07, 6.45) is 0. The van der Waals surface area contributed by atoms with E-state index >= 15 is 0 Å². The van der Waals surface area contributed by atoms with Gasteiger partial charge in [-0.1, -0.05) is 6.07 Å². The number of hydrogen-bond acceptors (Lipinski definition) is 3. The number of aromatic hydroxyl groups is 1. The van der Waals surface area contributed by atoms with Gasteiger partial charge in [0.05, 0.1) is 7.11 Å². The van der Waals surface area contributed by atoms with Crippen LogP contribution in [0.3, 0.4) is 0 Å². The number of amides is 1. The SMILES string of the molecule is COc1ccc(C(=O)Nc2cccc(O)c2)cc1F. The van der Waals surface area contributed by atoms with Crippen molar-refractivity contribution in [3.63, 3.8) is 0 Å². The number of hydrogen-bond donors (Lipinski definition) is 2. The summed E-state index contributed by atoms with van der Waals surface area (Å²) in [7, 11) is 1.35.